The molecule has 0 radical (unpaired) electrons. The van der Waals surface area contributed by atoms with Gasteiger partial charge in [0.1, 0.15) is 17.5 Å². The minimum absolute atomic E-state index is 0.0522. The van der Waals surface area contributed by atoms with Crippen molar-refractivity contribution in [1.82, 2.24) is 9.55 Å². The van der Waals surface area contributed by atoms with Gasteiger partial charge < -0.3 is 15.8 Å². The van der Waals surface area contributed by atoms with Crippen LogP contribution in [0.4, 0.5) is 5.69 Å². The highest BCUT2D eigenvalue weighted by Crippen LogP contribution is 2.34. The predicted molar refractivity (Wildman–Crippen MR) is 148 cm³/mol. The van der Waals surface area contributed by atoms with Crippen LogP contribution in [0, 0.1) is 0 Å². The number of hydrogen-bond donors (Lipinski definition) is 2. The first-order valence-electron chi connectivity index (χ1n) is 11.9. The highest BCUT2D eigenvalue weighted by molar-refractivity contribution is 6.31. The van der Waals surface area contributed by atoms with Crippen molar-refractivity contribution in [2.45, 2.75) is 19.4 Å². The van der Waals surface area contributed by atoms with Gasteiger partial charge in [0.2, 0.25) is 5.91 Å². The number of ether oxygens (including phenoxy) is 1. The van der Waals surface area contributed by atoms with Crippen LogP contribution in [0.3, 0.4) is 0 Å². The van der Waals surface area contributed by atoms with E-state index in [1.165, 1.54) is 49.2 Å². The van der Waals surface area contributed by atoms with Gasteiger partial charge in [-0.1, -0.05) is 41.9 Å². The zero-order chi connectivity index (χ0) is 28.1. The zero-order valence-electron chi connectivity index (χ0n) is 21.2. The van der Waals surface area contributed by atoms with E-state index < -0.39 is 23.4 Å². The summed E-state index contributed by atoms with van der Waals surface area (Å²) in [6.07, 6.45) is 2.95. The number of anilines is 1. The Morgan fingerprint density at radius 3 is 2.41 bits per heavy atom. The van der Waals surface area contributed by atoms with Crippen LogP contribution in [0.25, 0.3) is 11.1 Å². The molecule has 39 heavy (non-hydrogen) atoms. The topological polar surface area (TPSA) is 133 Å². The van der Waals surface area contributed by atoms with E-state index in [4.69, 9.17) is 22.1 Å². The number of rotatable bonds is 9. The summed E-state index contributed by atoms with van der Waals surface area (Å²) in [6, 6.07) is 17.3. The third kappa shape index (κ3) is 6.22. The fraction of sp³-hybridized carbons (Fsp3) is 0.138. The molecule has 0 fully saturated rings. The van der Waals surface area contributed by atoms with E-state index in [0.29, 0.717) is 27.4 Å². The van der Waals surface area contributed by atoms with E-state index in [1.54, 1.807) is 18.2 Å². The molecule has 0 spiro atoms. The lowest BCUT2D eigenvalue weighted by Gasteiger charge is -2.22. The van der Waals surface area contributed by atoms with Crippen LogP contribution in [0.15, 0.2) is 83.9 Å². The van der Waals surface area contributed by atoms with Gasteiger partial charge in [-0.15, -0.1) is 0 Å². The Kier molecular flexibility index (Phi) is 8.21. The number of carbonyl (C=O) groups is 3. The van der Waals surface area contributed by atoms with Gasteiger partial charge >= 0.3 is 0 Å². The van der Waals surface area contributed by atoms with Crippen LogP contribution in [-0.4, -0.2) is 34.3 Å². The highest BCUT2D eigenvalue weighted by atomic mass is 35.5. The molecule has 0 aliphatic carbocycles. The molecule has 2 aromatic heterocycles. The zero-order valence-corrected chi connectivity index (χ0v) is 21.9. The number of nitrogens with one attached hydrogen (secondary N) is 1. The molecule has 1 atom stereocenters. The van der Waals surface area contributed by atoms with Crippen LogP contribution in [0.1, 0.15) is 39.4 Å². The molecule has 0 aliphatic rings. The molecular weight excluding hydrogens is 520 g/mol. The van der Waals surface area contributed by atoms with E-state index in [9.17, 15) is 19.2 Å². The molecule has 0 saturated carbocycles. The minimum Gasteiger partial charge on any atom is -0.495 e. The highest BCUT2D eigenvalue weighted by Gasteiger charge is 2.25. The summed E-state index contributed by atoms with van der Waals surface area (Å²) in [5.41, 5.74) is 7.15. The number of amides is 2. The average molecular weight is 545 g/mol. The van der Waals surface area contributed by atoms with E-state index in [0.717, 1.165) is 5.56 Å². The van der Waals surface area contributed by atoms with Crippen molar-refractivity contribution in [3.05, 3.63) is 111 Å². The van der Waals surface area contributed by atoms with Crippen molar-refractivity contribution in [3.63, 3.8) is 0 Å². The van der Waals surface area contributed by atoms with Gasteiger partial charge in [-0.25, -0.2) is 4.98 Å². The molecule has 2 heterocycles. The number of Topliss-reactive ketones (excluding diaryl/α,β-unsaturated/α-hetero) is 1. The molecule has 4 aromatic rings. The van der Waals surface area contributed by atoms with E-state index >= 15 is 0 Å². The molecule has 3 N–H and O–H groups in total. The largest absolute Gasteiger partial charge is 0.495 e. The number of primary amides is 1. The smallest absolute Gasteiger partial charge is 0.267 e. The van der Waals surface area contributed by atoms with Crippen molar-refractivity contribution in [2.24, 2.45) is 5.73 Å². The van der Waals surface area contributed by atoms with E-state index in [2.05, 4.69) is 10.3 Å². The third-order valence-corrected chi connectivity index (χ3v) is 6.34. The Morgan fingerprint density at radius 2 is 1.79 bits per heavy atom. The molecule has 0 aliphatic heterocycles. The molecule has 1 unspecified atom stereocenters. The monoisotopic (exact) mass is 544 g/mol. The maximum absolute atomic E-state index is 13.5. The van der Waals surface area contributed by atoms with Gasteiger partial charge in [0.05, 0.1) is 25.2 Å². The number of aromatic nitrogens is 2. The lowest BCUT2D eigenvalue weighted by molar-refractivity contribution is -0.119. The molecule has 9 nitrogen and oxygen atoms in total. The van der Waals surface area contributed by atoms with Gasteiger partial charge in [-0.05, 0) is 48.4 Å². The molecule has 198 valence electrons. The fourth-order valence-electron chi connectivity index (χ4n) is 4.19. The third-order valence-electron chi connectivity index (χ3n) is 6.11. The van der Waals surface area contributed by atoms with E-state index in [1.807, 2.05) is 30.3 Å². The molecule has 0 bridgehead atoms. The maximum Gasteiger partial charge on any atom is 0.267 e. The second-order valence-electron chi connectivity index (χ2n) is 8.74. The van der Waals surface area contributed by atoms with Crippen molar-refractivity contribution >= 4 is 34.9 Å². The van der Waals surface area contributed by atoms with Gasteiger partial charge in [0.25, 0.3) is 11.5 Å². The minimum atomic E-state index is -0.981. The summed E-state index contributed by atoms with van der Waals surface area (Å²) in [6.45, 7) is 1.42. The first kappa shape index (κ1) is 27.3. The number of methoxy groups -OCH3 is 1. The molecule has 4 rings (SSSR count). The number of halogens is 1. The Hall–Kier alpha value is -4.76. The van der Waals surface area contributed by atoms with Crippen molar-refractivity contribution in [3.8, 4) is 16.9 Å². The van der Waals surface area contributed by atoms with Crippen LogP contribution in [0.5, 0.6) is 5.75 Å². The molecule has 0 saturated heterocycles. The Labute approximate surface area is 229 Å². The van der Waals surface area contributed by atoms with Gasteiger partial charge in [-0.2, -0.15) is 0 Å². The summed E-state index contributed by atoms with van der Waals surface area (Å²) >= 11 is 6.21. The summed E-state index contributed by atoms with van der Waals surface area (Å²) in [5.74, 6) is -1.11. The molecular formula is C29H25ClN4O5. The molecule has 10 heteroatoms. The van der Waals surface area contributed by atoms with Crippen LogP contribution >= 0.6 is 11.6 Å². The quantitative estimate of drug-likeness (QED) is 0.302. The number of nitrogens with zero attached hydrogens (tertiary/aromatic N) is 2. The summed E-state index contributed by atoms with van der Waals surface area (Å²) in [4.78, 5) is 54.6. The lowest BCUT2D eigenvalue weighted by Crippen LogP contribution is -2.34. The van der Waals surface area contributed by atoms with Crippen molar-refractivity contribution < 1.29 is 19.1 Å². The number of hydrogen-bond acceptors (Lipinski definition) is 6. The second kappa shape index (κ2) is 11.7. The average Bonchev–Trinajstić information content (AvgIpc) is 2.92. The number of benzene rings is 2. The van der Waals surface area contributed by atoms with Gasteiger partial charge in [0, 0.05) is 28.6 Å². The van der Waals surface area contributed by atoms with Crippen molar-refractivity contribution in [2.75, 3.05) is 12.4 Å². The SMILES string of the molecule is COc1cn(C(Cc2ccccc2)C(=O)Nc2ccc(C(N)=O)nc2)c(=O)cc1-c1cc(Cl)ccc1C(C)=O. The fourth-order valence-corrected chi connectivity index (χ4v) is 4.36. The van der Waals surface area contributed by atoms with Crippen LogP contribution < -0.4 is 21.3 Å². The standard InChI is InChI=1S/C29H25ClN4O5/c1-17(35)21-10-8-19(30)13-22(21)23-14-27(36)34(16-26(23)39-2)25(12-18-6-4-3-5-7-18)29(38)33-20-9-11-24(28(31)37)32-15-20/h3-11,13-16,25H,12H2,1-2H3,(H2,31,37)(H,33,38). The lowest BCUT2D eigenvalue weighted by atomic mass is 9.97. The first-order chi connectivity index (χ1) is 18.7. The van der Waals surface area contributed by atoms with Crippen molar-refractivity contribution in [1.29, 1.82) is 0 Å². The Balaban J connectivity index is 1.79. The molecule has 2 aromatic carbocycles. The number of pyridine rings is 2. The maximum atomic E-state index is 13.5. The summed E-state index contributed by atoms with van der Waals surface area (Å²) in [5, 5.41) is 3.14. The first-order valence-corrected chi connectivity index (χ1v) is 12.3. The predicted octanol–water partition coefficient (Wildman–Crippen LogP) is 4.30. The van der Waals surface area contributed by atoms with Crippen LogP contribution in [-0.2, 0) is 11.2 Å². The summed E-state index contributed by atoms with van der Waals surface area (Å²) in [7, 11) is 1.43. The normalized spacial score (nSPS) is 11.5. The van der Waals surface area contributed by atoms with E-state index in [-0.39, 0.29) is 23.6 Å². The number of nitrogens with two attached hydrogens (primary N) is 1. The molecule has 2 amide bonds. The van der Waals surface area contributed by atoms with Gasteiger partial charge in [-0.3, -0.25) is 23.7 Å². The Bertz CT molecular complexity index is 1600. The Morgan fingerprint density at radius 1 is 1.05 bits per heavy atom. The number of ketones is 1. The summed E-state index contributed by atoms with van der Waals surface area (Å²) < 4.78 is 6.89. The second-order valence-corrected chi connectivity index (χ2v) is 9.17. The number of carbonyl (C=O) groups excluding carboxylic acids is 3. The van der Waals surface area contributed by atoms with Gasteiger partial charge in [0.15, 0.2) is 5.78 Å². The van der Waals surface area contributed by atoms with Crippen LogP contribution in [0.2, 0.25) is 5.02 Å².